The second-order valence-electron chi connectivity index (χ2n) is 7.70. The number of primary sulfonamides is 1. The molecule has 37 heavy (non-hydrogen) atoms. The molecule has 0 unspecified atom stereocenters. The SMILES string of the molecule is NS(=O)(=O)c1cnn(-c2ncccn2)c1N=Nc1cc2ccccc2c(C(=O)Nc2ccccc2)c1O. The van der Waals surface area contributed by atoms with Gasteiger partial charge in [-0.25, -0.2) is 23.5 Å². The second-order valence-corrected chi connectivity index (χ2v) is 9.23. The fourth-order valence-corrected chi connectivity index (χ4v) is 4.19. The lowest BCUT2D eigenvalue weighted by molar-refractivity contribution is 0.102. The van der Waals surface area contributed by atoms with Gasteiger partial charge in [0.15, 0.2) is 5.75 Å². The lowest BCUT2D eigenvalue weighted by Crippen LogP contribution is -2.12. The highest BCUT2D eigenvalue weighted by Gasteiger charge is 2.23. The molecule has 0 saturated carbocycles. The number of nitrogens with one attached hydrogen (secondary N) is 1. The van der Waals surface area contributed by atoms with E-state index in [2.05, 4.69) is 30.6 Å². The summed E-state index contributed by atoms with van der Waals surface area (Å²) in [4.78, 5) is 20.9. The number of fused-ring (bicyclic) bond motifs is 1. The van der Waals surface area contributed by atoms with E-state index in [9.17, 15) is 18.3 Å². The summed E-state index contributed by atoms with van der Waals surface area (Å²) in [6.07, 6.45) is 3.88. The average Bonchev–Trinajstić information content (AvgIpc) is 3.33. The Hall–Kier alpha value is -5.01. The number of azo groups is 1. The fourth-order valence-electron chi connectivity index (χ4n) is 3.61. The van der Waals surface area contributed by atoms with Crippen molar-refractivity contribution in [1.29, 1.82) is 0 Å². The molecule has 13 heteroatoms. The van der Waals surface area contributed by atoms with Gasteiger partial charge in [-0.15, -0.1) is 10.2 Å². The summed E-state index contributed by atoms with van der Waals surface area (Å²) in [5.74, 6) is -1.27. The Bertz CT molecular complexity index is 1750. The van der Waals surface area contributed by atoms with Crippen molar-refractivity contribution in [3.63, 3.8) is 0 Å². The number of aromatic hydroxyl groups is 1. The largest absolute Gasteiger partial charge is 0.505 e. The van der Waals surface area contributed by atoms with Gasteiger partial charge in [0.05, 0.1) is 11.8 Å². The summed E-state index contributed by atoms with van der Waals surface area (Å²) in [5.41, 5.74) is 0.425. The maximum atomic E-state index is 13.2. The van der Waals surface area contributed by atoms with Crippen LogP contribution in [0.15, 0.2) is 100 Å². The highest BCUT2D eigenvalue weighted by Crippen LogP contribution is 2.38. The molecule has 0 spiro atoms. The number of nitrogens with zero attached hydrogens (tertiary/aromatic N) is 6. The lowest BCUT2D eigenvalue weighted by atomic mass is 10.0. The minimum Gasteiger partial charge on any atom is -0.505 e. The van der Waals surface area contributed by atoms with Crippen molar-refractivity contribution < 1.29 is 18.3 Å². The number of sulfonamides is 1. The van der Waals surface area contributed by atoms with E-state index in [0.29, 0.717) is 16.5 Å². The maximum Gasteiger partial charge on any atom is 0.260 e. The molecule has 2 heterocycles. The van der Waals surface area contributed by atoms with Gasteiger partial charge < -0.3 is 10.4 Å². The van der Waals surface area contributed by atoms with Gasteiger partial charge in [-0.2, -0.15) is 9.78 Å². The zero-order chi connectivity index (χ0) is 26.0. The molecular weight excluding hydrogens is 496 g/mol. The van der Waals surface area contributed by atoms with E-state index < -0.39 is 26.6 Å². The summed E-state index contributed by atoms with van der Waals surface area (Å²) in [5, 5.41) is 32.3. The first-order chi connectivity index (χ1) is 17.8. The third-order valence-electron chi connectivity index (χ3n) is 5.27. The number of nitrogens with two attached hydrogens (primary N) is 1. The molecule has 5 rings (SSSR count). The minimum atomic E-state index is -4.25. The minimum absolute atomic E-state index is 0.0250. The molecule has 0 atom stereocenters. The number of benzene rings is 3. The molecule has 0 aliphatic carbocycles. The van der Waals surface area contributed by atoms with Crippen molar-refractivity contribution in [3.8, 4) is 11.7 Å². The molecule has 184 valence electrons. The van der Waals surface area contributed by atoms with E-state index in [0.717, 1.165) is 10.9 Å². The number of hydrogen-bond acceptors (Lipinski definition) is 9. The number of phenols is 1. The lowest BCUT2D eigenvalue weighted by Gasteiger charge is -2.12. The van der Waals surface area contributed by atoms with E-state index in [1.165, 1.54) is 18.5 Å². The van der Waals surface area contributed by atoms with Crippen molar-refractivity contribution in [2.75, 3.05) is 5.32 Å². The van der Waals surface area contributed by atoms with Crippen molar-refractivity contribution in [1.82, 2.24) is 19.7 Å². The molecule has 5 aromatic rings. The molecule has 0 aliphatic heterocycles. The number of carbonyl (C=O) groups excluding carboxylic acids is 1. The summed E-state index contributed by atoms with van der Waals surface area (Å²) in [6.45, 7) is 0. The Balaban J connectivity index is 1.64. The molecule has 0 radical (unpaired) electrons. The fraction of sp³-hybridized carbons (Fsp3) is 0. The second kappa shape index (κ2) is 9.56. The quantitative estimate of drug-likeness (QED) is 0.288. The number of hydrogen-bond donors (Lipinski definition) is 3. The zero-order valence-electron chi connectivity index (χ0n) is 18.9. The molecule has 0 bridgehead atoms. The van der Waals surface area contributed by atoms with Crippen LogP contribution in [0, 0.1) is 0 Å². The molecule has 4 N–H and O–H groups in total. The molecule has 0 saturated heterocycles. The highest BCUT2D eigenvalue weighted by atomic mass is 32.2. The monoisotopic (exact) mass is 514 g/mol. The van der Waals surface area contributed by atoms with Crippen molar-refractivity contribution in [2.24, 2.45) is 15.4 Å². The van der Waals surface area contributed by atoms with Gasteiger partial charge >= 0.3 is 0 Å². The predicted octanol–water partition coefficient (Wildman–Crippen LogP) is 3.84. The summed E-state index contributed by atoms with van der Waals surface area (Å²) in [6, 6.07) is 18.8. The van der Waals surface area contributed by atoms with Crippen LogP contribution in [0.5, 0.6) is 5.75 Å². The van der Waals surface area contributed by atoms with Crippen LogP contribution in [-0.2, 0) is 10.0 Å². The average molecular weight is 515 g/mol. The number of phenolic OH excluding ortho intramolecular Hbond substituents is 1. The zero-order valence-corrected chi connectivity index (χ0v) is 19.7. The Kier molecular flexibility index (Phi) is 6.13. The molecule has 3 aromatic carbocycles. The number of amides is 1. The maximum absolute atomic E-state index is 13.2. The summed E-state index contributed by atoms with van der Waals surface area (Å²) in [7, 11) is -4.25. The number of carbonyl (C=O) groups is 1. The van der Waals surface area contributed by atoms with Crippen LogP contribution in [0.3, 0.4) is 0 Å². The first-order valence-corrected chi connectivity index (χ1v) is 12.3. The van der Waals surface area contributed by atoms with E-state index in [-0.39, 0.29) is 23.0 Å². The first kappa shape index (κ1) is 23.7. The molecule has 1 amide bonds. The normalized spacial score (nSPS) is 11.7. The van der Waals surface area contributed by atoms with Gasteiger partial charge in [0.25, 0.3) is 11.9 Å². The van der Waals surface area contributed by atoms with Crippen LogP contribution in [0.2, 0.25) is 0 Å². The Morgan fingerprint density at radius 3 is 2.41 bits per heavy atom. The van der Waals surface area contributed by atoms with Gasteiger partial charge in [0, 0.05) is 18.1 Å². The number of rotatable bonds is 6. The third-order valence-corrected chi connectivity index (χ3v) is 6.17. The smallest absolute Gasteiger partial charge is 0.260 e. The van der Waals surface area contributed by atoms with Crippen molar-refractivity contribution in [3.05, 3.63) is 90.9 Å². The Morgan fingerprint density at radius 1 is 0.973 bits per heavy atom. The van der Waals surface area contributed by atoms with E-state index in [1.54, 1.807) is 54.6 Å². The van der Waals surface area contributed by atoms with Crippen LogP contribution < -0.4 is 10.5 Å². The predicted molar refractivity (Wildman–Crippen MR) is 135 cm³/mol. The van der Waals surface area contributed by atoms with Crippen molar-refractivity contribution >= 4 is 43.9 Å². The summed E-state index contributed by atoms with van der Waals surface area (Å²) >= 11 is 0. The van der Waals surface area contributed by atoms with Crippen LogP contribution in [0.4, 0.5) is 17.2 Å². The van der Waals surface area contributed by atoms with Gasteiger partial charge in [-0.1, -0.05) is 42.5 Å². The molecule has 0 aliphatic rings. The van der Waals surface area contributed by atoms with Crippen molar-refractivity contribution in [2.45, 2.75) is 4.90 Å². The van der Waals surface area contributed by atoms with Crippen LogP contribution in [-0.4, -0.2) is 39.2 Å². The van der Waals surface area contributed by atoms with Gasteiger partial charge in [0.1, 0.15) is 10.6 Å². The topological polar surface area (TPSA) is 178 Å². The van der Waals surface area contributed by atoms with Crippen LogP contribution in [0.25, 0.3) is 16.7 Å². The summed E-state index contributed by atoms with van der Waals surface area (Å²) < 4.78 is 25.3. The number of anilines is 1. The third kappa shape index (κ3) is 4.76. The molecule has 2 aromatic heterocycles. The van der Waals surface area contributed by atoms with E-state index in [4.69, 9.17) is 5.14 Å². The van der Waals surface area contributed by atoms with Crippen LogP contribution >= 0.6 is 0 Å². The van der Waals surface area contributed by atoms with Gasteiger partial charge in [-0.3, -0.25) is 4.79 Å². The number of para-hydroxylation sites is 1. The molecule has 0 fully saturated rings. The molecular formula is C24H18N8O4S. The Morgan fingerprint density at radius 2 is 1.68 bits per heavy atom. The van der Waals surface area contributed by atoms with Gasteiger partial charge in [-0.05, 0) is 35.0 Å². The standard InChI is InChI=1S/C24H18N8O4S/c25-37(35,36)19-14-28-32(24-26-11-6-12-27-24)22(19)31-30-18-13-15-7-4-5-10-17(15)20(21(18)33)23(34)29-16-8-2-1-3-9-16/h1-14,33H,(H,29,34)(H2,25,35,36). The number of aromatic nitrogens is 4. The molecule has 12 nitrogen and oxygen atoms in total. The Labute approximate surface area is 210 Å². The van der Waals surface area contributed by atoms with E-state index in [1.807, 2.05) is 6.07 Å². The van der Waals surface area contributed by atoms with Crippen LogP contribution in [0.1, 0.15) is 10.4 Å². The highest BCUT2D eigenvalue weighted by molar-refractivity contribution is 7.89. The van der Waals surface area contributed by atoms with E-state index >= 15 is 0 Å². The van der Waals surface area contributed by atoms with Gasteiger partial charge in [0.2, 0.25) is 15.8 Å². The first-order valence-electron chi connectivity index (χ1n) is 10.7.